The summed E-state index contributed by atoms with van der Waals surface area (Å²) < 4.78 is 0. The molecular weight excluding hydrogens is 232 g/mol. The minimum absolute atomic E-state index is 0.190. The molecule has 17 heavy (non-hydrogen) atoms. The van der Waals surface area contributed by atoms with Crippen molar-refractivity contribution in [3.05, 3.63) is 21.9 Å². The highest BCUT2D eigenvalue weighted by atomic mass is 32.1. The number of nitrogens with two attached hydrogens (primary N) is 1. The minimum Gasteiger partial charge on any atom is -0.341 e. The zero-order valence-electron chi connectivity index (χ0n) is 10.3. The molecule has 1 aromatic heterocycles. The number of amides is 1. The second-order valence-corrected chi connectivity index (χ2v) is 4.80. The standard InChI is InChI=1S/C13H18N2OS/c1-3-5-13(16)15(2)9-12-8-11(10-17-12)6-4-7-14/h8,10H,3,5,7,9,14H2,1-2H3. The molecular formula is C13H18N2OS. The van der Waals surface area contributed by atoms with Crippen molar-refractivity contribution in [1.29, 1.82) is 0 Å². The van der Waals surface area contributed by atoms with E-state index in [-0.39, 0.29) is 5.91 Å². The van der Waals surface area contributed by atoms with Crippen molar-refractivity contribution < 1.29 is 4.79 Å². The van der Waals surface area contributed by atoms with Gasteiger partial charge in [0, 0.05) is 29.3 Å². The van der Waals surface area contributed by atoms with E-state index in [1.165, 1.54) is 0 Å². The lowest BCUT2D eigenvalue weighted by molar-refractivity contribution is -0.130. The maximum Gasteiger partial charge on any atom is 0.222 e. The molecule has 0 atom stereocenters. The Hall–Kier alpha value is -1.31. The van der Waals surface area contributed by atoms with Gasteiger partial charge in [0.1, 0.15) is 0 Å². The number of thiophene rings is 1. The van der Waals surface area contributed by atoms with Crippen LogP contribution in [-0.4, -0.2) is 24.4 Å². The van der Waals surface area contributed by atoms with E-state index in [2.05, 4.69) is 11.8 Å². The van der Waals surface area contributed by atoms with E-state index in [0.717, 1.165) is 16.9 Å². The maximum absolute atomic E-state index is 11.6. The smallest absolute Gasteiger partial charge is 0.222 e. The molecule has 0 spiro atoms. The van der Waals surface area contributed by atoms with Gasteiger partial charge in [0.05, 0.1) is 13.1 Å². The molecule has 0 aliphatic rings. The highest BCUT2D eigenvalue weighted by Gasteiger charge is 2.08. The molecule has 0 fully saturated rings. The zero-order chi connectivity index (χ0) is 12.7. The Labute approximate surface area is 107 Å². The molecule has 4 heteroatoms. The first-order chi connectivity index (χ1) is 8.17. The number of carbonyl (C=O) groups excluding carboxylic acids is 1. The summed E-state index contributed by atoms with van der Waals surface area (Å²) in [6, 6.07) is 2.02. The van der Waals surface area contributed by atoms with Crippen LogP contribution in [0.5, 0.6) is 0 Å². The third kappa shape index (κ3) is 4.59. The monoisotopic (exact) mass is 250 g/mol. The molecule has 1 rings (SSSR count). The van der Waals surface area contributed by atoms with Crippen LogP contribution in [0.15, 0.2) is 11.4 Å². The van der Waals surface area contributed by atoms with Crippen LogP contribution < -0.4 is 5.73 Å². The average molecular weight is 250 g/mol. The summed E-state index contributed by atoms with van der Waals surface area (Å²) in [5, 5.41) is 2.00. The van der Waals surface area contributed by atoms with Crippen LogP contribution in [0.1, 0.15) is 30.2 Å². The highest BCUT2D eigenvalue weighted by molar-refractivity contribution is 7.10. The van der Waals surface area contributed by atoms with E-state index < -0.39 is 0 Å². The van der Waals surface area contributed by atoms with Crippen LogP contribution >= 0.6 is 11.3 Å². The molecule has 0 unspecified atom stereocenters. The van der Waals surface area contributed by atoms with Gasteiger partial charge in [-0.1, -0.05) is 18.8 Å². The lowest BCUT2D eigenvalue weighted by Crippen LogP contribution is -2.25. The summed E-state index contributed by atoms with van der Waals surface area (Å²) in [6.45, 7) is 3.05. The fourth-order valence-electron chi connectivity index (χ4n) is 1.41. The average Bonchev–Trinajstić information content (AvgIpc) is 2.74. The van der Waals surface area contributed by atoms with Crippen molar-refractivity contribution in [2.24, 2.45) is 5.73 Å². The van der Waals surface area contributed by atoms with Crippen LogP contribution in [0.25, 0.3) is 0 Å². The Morgan fingerprint density at radius 3 is 3.00 bits per heavy atom. The first kappa shape index (κ1) is 13.8. The molecule has 0 radical (unpaired) electrons. The molecule has 0 saturated heterocycles. The fourth-order valence-corrected chi connectivity index (χ4v) is 2.28. The topological polar surface area (TPSA) is 46.3 Å². The predicted octanol–water partition coefficient (Wildman–Crippen LogP) is 1.82. The Kier molecular flexibility index (Phi) is 5.75. The first-order valence-corrected chi connectivity index (χ1v) is 6.55. The molecule has 0 aliphatic carbocycles. The summed E-state index contributed by atoms with van der Waals surface area (Å²) in [6.07, 6.45) is 1.50. The van der Waals surface area contributed by atoms with Gasteiger partial charge in [-0.15, -0.1) is 11.3 Å². The molecule has 1 heterocycles. The van der Waals surface area contributed by atoms with E-state index in [4.69, 9.17) is 5.73 Å². The van der Waals surface area contributed by atoms with Gasteiger partial charge in [0.25, 0.3) is 0 Å². The maximum atomic E-state index is 11.6. The highest BCUT2D eigenvalue weighted by Crippen LogP contribution is 2.16. The lowest BCUT2D eigenvalue weighted by atomic mass is 10.3. The molecule has 0 saturated carbocycles. The van der Waals surface area contributed by atoms with Gasteiger partial charge in [-0.25, -0.2) is 0 Å². The van der Waals surface area contributed by atoms with Crippen molar-refractivity contribution >= 4 is 17.2 Å². The van der Waals surface area contributed by atoms with Crippen LogP contribution in [-0.2, 0) is 11.3 Å². The van der Waals surface area contributed by atoms with Crippen molar-refractivity contribution in [2.45, 2.75) is 26.3 Å². The van der Waals surface area contributed by atoms with Crippen molar-refractivity contribution in [3.8, 4) is 11.8 Å². The van der Waals surface area contributed by atoms with Gasteiger partial charge in [-0.3, -0.25) is 4.79 Å². The molecule has 0 bridgehead atoms. The molecule has 1 aromatic rings. The van der Waals surface area contributed by atoms with E-state index in [1.807, 2.05) is 25.4 Å². The number of hydrogen-bond donors (Lipinski definition) is 1. The van der Waals surface area contributed by atoms with Gasteiger partial charge in [0.2, 0.25) is 5.91 Å². The van der Waals surface area contributed by atoms with Crippen LogP contribution in [0.2, 0.25) is 0 Å². The second-order valence-electron chi connectivity index (χ2n) is 3.81. The minimum atomic E-state index is 0.190. The van der Waals surface area contributed by atoms with Crippen LogP contribution in [0.4, 0.5) is 0 Å². The third-order valence-corrected chi connectivity index (χ3v) is 3.19. The summed E-state index contributed by atoms with van der Waals surface area (Å²) in [7, 11) is 1.84. The van der Waals surface area contributed by atoms with E-state index >= 15 is 0 Å². The number of hydrogen-bond acceptors (Lipinski definition) is 3. The second kappa shape index (κ2) is 7.10. The normalized spacial score (nSPS) is 9.59. The zero-order valence-corrected chi connectivity index (χ0v) is 11.1. The summed E-state index contributed by atoms with van der Waals surface area (Å²) >= 11 is 1.63. The molecule has 92 valence electrons. The van der Waals surface area contributed by atoms with Gasteiger partial charge >= 0.3 is 0 Å². The number of nitrogens with zero attached hydrogens (tertiary/aromatic N) is 1. The molecule has 2 N–H and O–H groups in total. The first-order valence-electron chi connectivity index (χ1n) is 5.67. The van der Waals surface area contributed by atoms with E-state index in [1.54, 1.807) is 16.2 Å². The van der Waals surface area contributed by atoms with Crippen LogP contribution in [0, 0.1) is 11.8 Å². The predicted molar refractivity (Wildman–Crippen MR) is 71.6 cm³/mol. The fraction of sp³-hybridized carbons (Fsp3) is 0.462. The van der Waals surface area contributed by atoms with Gasteiger partial charge in [-0.2, -0.15) is 0 Å². The quantitative estimate of drug-likeness (QED) is 0.829. The molecule has 3 nitrogen and oxygen atoms in total. The van der Waals surface area contributed by atoms with Crippen LogP contribution in [0.3, 0.4) is 0 Å². The summed E-state index contributed by atoms with van der Waals surface area (Å²) in [5.74, 6) is 5.99. The SMILES string of the molecule is CCCC(=O)N(C)Cc1cc(C#CCN)cs1. The number of rotatable bonds is 4. The van der Waals surface area contributed by atoms with Gasteiger partial charge in [-0.05, 0) is 12.5 Å². The molecule has 0 aliphatic heterocycles. The Morgan fingerprint density at radius 1 is 1.59 bits per heavy atom. The summed E-state index contributed by atoms with van der Waals surface area (Å²) in [4.78, 5) is 14.5. The molecule has 0 aromatic carbocycles. The third-order valence-electron chi connectivity index (χ3n) is 2.27. The number of carbonyl (C=O) groups is 1. The van der Waals surface area contributed by atoms with Gasteiger partial charge < -0.3 is 10.6 Å². The summed E-state index contributed by atoms with van der Waals surface area (Å²) in [5.41, 5.74) is 6.29. The van der Waals surface area contributed by atoms with E-state index in [0.29, 0.717) is 19.5 Å². The van der Waals surface area contributed by atoms with Crippen molar-refractivity contribution in [2.75, 3.05) is 13.6 Å². The Balaban J connectivity index is 2.57. The Bertz CT molecular complexity index is 428. The van der Waals surface area contributed by atoms with E-state index in [9.17, 15) is 4.79 Å². The molecule has 1 amide bonds. The van der Waals surface area contributed by atoms with Gasteiger partial charge in [0.15, 0.2) is 0 Å². The lowest BCUT2D eigenvalue weighted by Gasteiger charge is -2.15. The van der Waals surface area contributed by atoms with Crippen molar-refractivity contribution in [3.63, 3.8) is 0 Å². The Morgan fingerprint density at radius 2 is 2.35 bits per heavy atom. The van der Waals surface area contributed by atoms with Crippen molar-refractivity contribution in [1.82, 2.24) is 4.90 Å². The largest absolute Gasteiger partial charge is 0.341 e.